The van der Waals surface area contributed by atoms with Crippen molar-refractivity contribution in [2.24, 2.45) is 0 Å². The highest BCUT2D eigenvalue weighted by Crippen LogP contribution is 2.25. The van der Waals surface area contributed by atoms with Crippen LogP contribution in [0.1, 0.15) is 11.1 Å². The Morgan fingerprint density at radius 1 is 1.00 bits per heavy atom. The first kappa shape index (κ1) is 20.6. The average molecular weight is 423 g/mol. The molecule has 1 aliphatic heterocycles. The number of ether oxygens (including phenoxy) is 1. The van der Waals surface area contributed by atoms with E-state index in [1.165, 1.54) is 4.31 Å². The fourth-order valence-electron chi connectivity index (χ4n) is 2.99. The third-order valence-corrected chi connectivity index (χ3v) is 6.91. The van der Waals surface area contributed by atoms with E-state index in [2.05, 4.69) is 0 Å². The number of hydrogen-bond acceptors (Lipinski definition) is 4. The summed E-state index contributed by atoms with van der Waals surface area (Å²) in [6.45, 7) is 4.86. The van der Waals surface area contributed by atoms with E-state index in [4.69, 9.17) is 16.3 Å². The zero-order chi connectivity index (χ0) is 20.3. The molecule has 8 heteroatoms. The quantitative estimate of drug-likeness (QED) is 0.743. The van der Waals surface area contributed by atoms with Crippen LogP contribution in [0.4, 0.5) is 0 Å². The van der Waals surface area contributed by atoms with E-state index >= 15 is 0 Å². The second-order valence-corrected chi connectivity index (χ2v) is 9.17. The van der Waals surface area contributed by atoms with Gasteiger partial charge in [0.2, 0.25) is 10.0 Å². The number of amides is 1. The number of rotatable bonds is 5. The smallest absolute Gasteiger partial charge is 0.260 e. The largest absolute Gasteiger partial charge is 0.482 e. The highest BCUT2D eigenvalue weighted by molar-refractivity contribution is 7.89. The van der Waals surface area contributed by atoms with Crippen LogP contribution in [-0.2, 0) is 14.8 Å². The predicted octanol–water partition coefficient (Wildman–Crippen LogP) is 2.87. The Bertz CT molecular complexity index is 953. The Morgan fingerprint density at radius 2 is 1.61 bits per heavy atom. The number of sulfonamides is 1. The summed E-state index contributed by atoms with van der Waals surface area (Å²) >= 11 is 6.08. The summed E-state index contributed by atoms with van der Waals surface area (Å²) < 4.78 is 32.4. The first-order valence-corrected chi connectivity index (χ1v) is 10.8. The average Bonchev–Trinajstić information content (AvgIpc) is 2.69. The van der Waals surface area contributed by atoms with Gasteiger partial charge in [0.15, 0.2) is 6.61 Å². The summed E-state index contributed by atoms with van der Waals surface area (Å²) in [5.41, 5.74) is 1.99. The van der Waals surface area contributed by atoms with Crippen molar-refractivity contribution in [3.63, 3.8) is 0 Å². The minimum absolute atomic E-state index is 0.131. The molecule has 1 saturated heterocycles. The van der Waals surface area contributed by atoms with Gasteiger partial charge in [-0.15, -0.1) is 0 Å². The molecule has 0 aliphatic carbocycles. The van der Waals surface area contributed by atoms with Crippen LogP contribution in [0.3, 0.4) is 0 Å². The number of carbonyl (C=O) groups is 1. The molecule has 2 aromatic rings. The molecular weight excluding hydrogens is 400 g/mol. The maximum absolute atomic E-state index is 12.7. The summed E-state index contributed by atoms with van der Waals surface area (Å²) in [4.78, 5) is 14.3. The lowest BCUT2D eigenvalue weighted by molar-refractivity contribution is -0.134. The van der Waals surface area contributed by atoms with Crippen LogP contribution >= 0.6 is 11.6 Å². The summed E-state index contributed by atoms with van der Waals surface area (Å²) in [5, 5.41) is 0.451. The standard InChI is InChI=1S/C20H23ClN2O4S/c1-15-3-6-17(7-4-15)28(25,26)23-11-9-22(10-12-23)20(24)14-27-19-13-16(2)5-8-18(19)21/h3-8,13H,9-12,14H2,1-2H3. The highest BCUT2D eigenvalue weighted by atomic mass is 35.5. The number of hydrogen-bond donors (Lipinski definition) is 0. The fraction of sp³-hybridized carbons (Fsp3) is 0.350. The van der Waals surface area contributed by atoms with Crippen molar-refractivity contribution < 1.29 is 17.9 Å². The number of benzene rings is 2. The Kier molecular flexibility index (Phi) is 6.27. The Labute approximate surface area is 170 Å². The first-order valence-electron chi connectivity index (χ1n) is 9.01. The Hall–Kier alpha value is -2.09. The number of carbonyl (C=O) groups excluding carboxylic acids is 1. The molecule has 1 heterocycles. The molecule has 1 amide bonds. The van der Waals surface area contributed by atoms with E-state index in [0.717, 1.165) is 11.1 Å². The monoisotopic (exact) mass is 422 g/mol. The van der Waals surface area contributed by atoms with Crippen molar-refractivity contribution in [1.82, 2.24) is 9.21 Å². The fourth-order valence-corrected chi connectivity index (χ4v) is 4.58. The summed E-state index contributed by atoms with van der Waals surface area (Å²) in [7, 11) is -3.55. The molecule has 0 radical (unpaired) electrons. The summed E-state index contributed by atoms with van der Waals surface area (Å²) in [6, 6.07) is 12.2. The van der Waals surface area contributed by atoms with Crippen LogP contribution in [0.5, 0.6) is 5.75 Å². The van der Waals surface area contributed by atoms with Gasteiger partial charge in [-0.1, -0.05) is 35.4 Å². The summed E-state index contributed by atoms with van der Waals surface area (Å²) in [5.74, 6) is 0.278. The molecule has 2 aromatic carbocycles. The van der Waals surface area contributed by atoms with Gasteiger partial charge >= 0.3 is 0 Å². The third-order valence-electron chi connectivity index (χ3n) is 4.69. The van der Waals surface area contributed by atoms with Crippen molar-refractivity contribution >= 4 is 27.5 Å². The molecule has 150 valence electrons. The third kappa shape index (κ3) is 4.66. The first-order chi connectivity index (χ1) is 13.3. The van der Waals surface area contributed by atoms with Crippen molar-refractivity contribution in [2.75, 3.05) is 32.8 Å². The van der Waals surface area contributed by atoms with Crippen LogP contribution in [0, 0.1) is 13.8 Å². The molecular formula is C20H23ClN2O4S. The molecule has 0 N–H and O–H groups in total. The van der Waals surface area contributed by atoms with Crippen LogP contribution in [-0.4, -0.2) is 56.3 Å². The lowest BCUT2D eigenvalue weighted by atomic mass is 10.2. The van der Waals surface area contributed by atoms with E-state index < -0.39 is 10.0 Å². The second kappa shape index (κ2) is 8.51. The van der Waals surface area contributed by atoms with E-state index in [-0.39, 0.29) is 30.5 Å². The molecule has 0 atom stereocenters. The Balaban J connectivity index is 1.56. The molecule has 0 saturated carbocycles. The molecule has 28 heavy (non-hydrogen) atoms. The highest BCUT2D eigenvalue weighted by Gasteiger charge is 2.30. The summed E-state index contributed by atoms with van der Waals surface area (Å²) in [6.07, 6.45) is 0. The van der Waals surface area contributed by atoms with Crippen LogP contribution in [0.2, 0.25) is 5.02 Å². The SMILES string of the molecule is Cc1ccc(S(=O)(=O)N2CCN(C(=O)COc3cc(C)ccc3Cl)CC2)cc1. The zero-order valence-corrected chi connectivity index (χ0v) is 17.5. The van der Waals surface area contributed by atoms with Crippen LogP contribution < -0.4 is 4.74 Å². The zero-order valence-electron chi connectivity index (χ0n) is 15.9. The van der Waals surface area contributed by atoms with Crippen molar-refractivity contribution in [1.29, 1.82) is 0 Å². The van der Waals surface area contributed by atoms with Crippen molar-refractivity contribution in [2.45, 2.75) is 18.7 Å². The lowest BCUT2D eigenvalue weighted by Crippen LogP contribution is -2.51. The second-order valence-electron chi connectivity index (χ2n) is 6.82. The van der Waals surface area contributed by atoms with Gasteiger partial charge in [0, 0.05) is 26.2 Å². The molecule has 6 nitrogen and oxygen atoms in total. The maximum Gasteiger partial charge on any atom is 0.260 e. The Morgan fingerprint density at radius 3 is 2.25 bits per heavy atom. The molecule has 0 unspecified atom stereocenters. The normalized spacial score (nSPS) is 15.5. The molecule has 1 fully saturated rings. The minimum Gasteiger partial charge on any atom is -0.482 e. The van der Waals surface area contributed by atoms with Gasteiger partial charge in [-0.3, -0.25) is 4.79 Å². The van der Waals surface area contributed by atoms with Gasteiger partial charge in [-0.2, -0.15) is 4.31 Å². The van der Waals surface area contributed by atoms with Crippen LogP contribution in [0.15, 0.2) is 47.4 Å². The molecule has 0 spiro atoms. The van der Waals surface area contributed by atoms with E-state index in [0.29, 0.717) is 23.9 Å². The van der Waals surface area contributed by atoms with E-state index in [1.807, 2.05) is 19.9 Å². The van der Waals surface area contributed by atoms with Crippen molar-refractivity contribution in [3.05, 3.63) is 58.6 Å². The lowest BCUT2D eigenvalue weighted by Gasteiger charge is -2.34. The van der Waals surface area contributed by atoms with E-state index in [1.54, 1.807) is 41.3 Å². The molecule has 0 bridgehead atoms. The number of halogens is 1. The molecule has 3 rings (SSSR count). The van der Waals surface area contributed by atoms with Gasteiger partial charge < -0.3 is 9.64 Å². The van der Waals surface area contributed by atoms with Gasteiger partial charge in [0.05, 0.1) is 9.92 Å². The number of nitrogens with zero attached hydrogens (tertiary/aromatic N) is 2. The number of aryl methyl sites for hydroxylation is 2. The maximum atomic E-state index is 12.7. The van der Waals surface area contributed by atoms with Gasteiger partial charge in [-0.05, 0) is 43.7 Å². The minimum atomic E-state index is -3.55. The van der Waals surface area contributed by atoms with Crippen molar-refractivity contribution in [3.8, 4) is 5.75 Å². The molecule has 1 aliphatic rings. The van der Waals surface area contributed by atoms with Gasteiger partial charge in [0.25, 0.3) is 5.91 Å². The van der Waals surface area contributed by atoms with Gasteiger partial charge in [0.1, 0.15) is 5.75 Å². The topological polar surface area (TPSA) is 66.9 Å². The van der Waals surface area contributed by atoms with E-state index in [9.17, 15) is 13.2 Å². The van der Waals surface area contributed by atoms with Crippen LogP contribution in [0.25, 0.3) is 0 Å². The number of piperazine rings is 1. The predicted molar refractivity (Wildman–Crippen MR) is 108 cm³/mol. The molecule has 0 aromatic heterocycles. The van der Waals surface area contributed by atoms with Gasteiger partial charge in [-0.25, -0.2) is 8.42 Å².